The molecule has 2 aliphatic heterocycles. The van der Waals surface area contributed by atoms with Crippen molar-refractivity contribution >= 4 is 11.6 Å². The highest BCUT2D eigenvalue weighted by molar-refractivity contribution is 5.99. The zero-order valence-electron chi connectivity index (χ0n) is 11.2. The molecule has 1 saturated heterocycles. The van der Waals surface area contributed by atoms with E-state index in [1.807, 2.05) is 18.2 Å². The quantitative estimate of drug-likeness (QED) is 0.823. The maximum atomic E-state index is 11.8. The number of amides is 1. The molecule has 2 unspecified atom stereocenters. The summed E-state index contributed by atoms with van der Waals surface area (Å²) in [7, 11) is 1.78. The standard InChI is InChI=1S/C14H18N2O3/c1-9-14(17)16(2)11-4-3-10(7-12(11)19-9)13-8-15-5-6-18-13/h3-4,7,9,13,15H,5-6,8H2,1-2H3. The van der Waals surface area contributed by atoms with Crippen LogP contribution in [0.4, 0.5) is 5.69 Å². The molecular weight excluding hydrogens is 244 g/mol. The lowest BCUT2D eigenvalue weighted by Crippen LogP contribution is -2.42. The van der Waals surface area contributed by atoms with Gasteiger partial charge in [0, 0.05) is 20.1 Å². The van der Waals surface area contributed by atoms with Gasteiger partial charge in [0.1, 0.15) is 5.75 Å². The summed E-state index contributed by atoms with van der Waals surface area (Å²) in [5.41, 5.74) is 1.90. The number of anilines is 1. The monoisotopic (exact) mass is 262 g/mol. The molecule has 1 aromatic rings. The maximum absolute atomic E-state index is 11.8. The van der Waals surface area contributed by atoms with Crippen molar-refractivity contribution in [1.82, 2.24) is 5.32 Å². The largest absolute Gasteiger partial charge is 0.479 e. The summed E-state index contributed by atoms with van der Waals surface area (Å²) in [6.45, 7) is 4.19. The van der Waals surface area contributed by atoms with Gasteiger partial charge in [-0.05, 0) is 24.6 Å². The predicted octanol–water partition coefficient (Wildman–Crippen LogP) is 1.09. The zero-order chi connectivity index (χ0) is 13.4. The van der Waals surface area contributed by atoms with Gasteiger partial charge in [-0.3, -0.25) is 4.79 Å². The van der Waals surface area contributed by atoms with Gasteiger partial charge in [-0.1, -0.05) is 6.07 Å². The second kappa shape index (κ2) is 4.83. The third kappa shape index (κ3) is 2.19. The number of nitrogens with one attached hydrogen (secondary N) is 1. The molecule has 0 saturated carbocycles. The molecule has 2 atom stereocenters. The molecule has 0 radical (unpaired) electrons. The second-order valence-electron chi connectivity index (χ2n) is 4.95. The Kier molecular flexibility index (Phi) is 3.16. The van der Waals surface area contributed by atoms with Gasteiger partial charge in [0.25, 0.3) is 5.91 Å². The Hall–Kier alpha value is -1.59. The third-order valence-electron chi connectivity index (χ3n) is 3.63. The Morgan fingerprint density at radius 3 is 3.00 bits per heavy atom. The fourth-order valence-electron chi connectivity index (χ4n) is 2.51. The minimum atomic E-state index is -0.432. The summed E-state index contributed by atoms with van der Waals surface area (Å²) in [6.07, 6.45) is -0.376. The van der Waals surface area contributed by atoms with Crippen LogP contribution < -0.4 is 15.0 Å². The van der Waals surface area contributed by atoms with Gasteiger partial charge in [0.2, 0.25) is 0 Å². The number of rotatable bonds is 1. The summed E-state index contributed by atoms with van der Waals surface area (Å²) in [6, 6.07) is 5.90. The number of likely N-dealkylation sites (N-methyl/N-ethyl adjacent to an activating group) is 1. The summed E-state index contributed by atoms with van der Waals surface area (Å²) >= 11 is 0. The highest BCUT2D eigenvalue weighted by Crippen LogP contribution is 2.36. The van der Waals surface area contributed by atoms with Crippen LogP contribution >= 0.6 is 0 Å². The van der Waals surface area contributed by atoms with E-state index in [2.05, 4.69) is 5.32 Å². The predicted molar refractivity (Wildman–Crippen MR) is 71.5 cm³/mol. The molecule has 1 N–H and O–H groups in total. The van der Waals surface area contributed by atoms with Gasteiger partial charge in [-0.25, -0.2) is 0 Å². The first-order valence-electron chi connectivity index (χ1n) is 6.57. The van der Waals surface area contributed by atoms with Crippen LogP contribution in [0.3, 0.4) is 0 Å². The molecule has 1 fully saturated rings. The van der Waals surface area contributed by atoms with Crippen LogP contribution in [0.25, 0.3) is 0 Å². The Morgan fingerprint density at radius 2 is 2.26 bits per heavy atom. The van der Waals surface area contributed by atoms with E-state index in [-0.39, 0.29) is 12.0 Å². The Labute approximate surface area is 112 Å². The van der Waals surface area contributed by atoms with E-state index in [9.17, 15) is 4.79 Å². The van der Waals surface area contributed by atoms with Crippen molar-refractivity contribution < 1.29 is 14.3 Å². The van der Waals surface area contributed by atoms with Crippen molar-refractivity contribution in [3.8, 4) is 5.75 Å². The molecule has 102 valence electrons. The maximum Gasteiger partial charge on any atom is 0.267 e. The summed E-state index contributed by atoms with van der Waals surface area (Å²) < 4.78 is 11.4. The summed E-state index contributed by atoms with van der Waals surface area (Å²) in [5, 5.41) is 3.31. The Morgan fingerprint density at radius 1 is 1.42 bits per heavy atom. The molecule has 0 aliphatic carbocycles. The van der Waals surface area contributed by atoms with Gasteiger partial charge < -0.3 is 19.7 Å². The number of morpholine rings is 1. The van der Waals surface area contributed by atoms with E-state index < -0.39 is 6.10 Å². The van der Waals surface area contributed by atoms with Gasteiger partial charge in [-0.15, -0.1) is 0 Å². The van der Waals surface area contributed by atoms with Crippen LogP contribution in [0.1, 0.15) is 18.6 Å². The molecular formula is C14H18N2O3. The molecule has 1 amide bonds. The number of benzene rings is 1. The van der Waals surface area contributed by atoms with Crippen LogP contribution in [-0.2, 0) is 9.53 Å². The molecule has 0 aromatic heterocycles. The first-order valence-corrected chi connectivity index (χ1v) is 6.57. The van der Waals surface area contributed by atoms with Crippen molar-refractivity contribution in [2.75, 3.05) is 31.6 Å². The van der Waals surface area contributed by atoms with Crippen LogP contribution in [0.2, 0.25) is 0 Å². The van der Waals surface area contributed by atoms with E-state index in [4.69, 9.17) is 9.47 Å². The fourth-order valence-corrected chi connectivity index (χ4v) is 2.51. The van der Waals surface area contributed by atoms with Crippen molar-refractivity contribution in [3.63, 3.8) is 0 Å². The molecule has 3 rings (SSSR count). The molecule has 19 heavy (non-hydrogen) atoms. The Balaban J connectivity index is 1.91. The minimum Gasteiger partial charge on any atom is -0.479 e. The average molecular weight is 262 g/mol. The molecule has 0 spiro atoms. The minimum absolute atomic E-state index is 0.0177. The fraction of sp³-hybridized carbons (Fsp3) is 0.500. The van der Waals surface area contributed by atoms with Crippen LogP contribution in [0.15, 0.2) is 18.2 Å². The van der Waals surface area contributed by atoms with Crippen LogP contribution in [0, 0.1) is 0 Å². The summed E-state index contributed by atoms with van der Waals surface area (Å²) in [5.74, 6) is 0.733. The topological polar surface area (TPSA) is 50.8 Å². The number of ether oxygens (including phenoxy) is 2. The smallest absolute Gasteiger partial charge is 0.267 e. The molecule has 2 aliphatic rings. The SMILES string of the molecule is CC1Oc2cc(C3CNCCO3)ccc2N(C)C1=O. The second-order valence-corrected chi connectivity index (χ2v) is 4.95. The highest BCUT2D eigenvalue weighted by atomic mass is 16.5. The van der Waals surface area contributed by atoms with Crippen LogP contribution in [0.5, 0.6) is 5.75 Å². The summed E-state index contributed by atoms with van der Waals surface area (Å²) in [4.78, 5) is 13.5. The zero-order valence-corrected chi connectivity index (χ0v) is 11.2. The lowest BCUT2D eigenvalue weighted by atomic mass is 10.1. The van der Waals surface area contributed by atoms with E-state index in [1.165, 1.54) is 0 Å². The lowest BCUT2D eigenvalue weighted by Gasteiger charge is -2.31. The number of hydrogen-bond donors (Lipinski definition) is 1. The van der Waals surface area contributed by atoms with E-state index in [0.717, 1.165) is 36.7 Å². The van der Waals surface area contributed by atoms with Crippen molar-refractivity contribution in [1.29, 1.82) is 0 Å². The number of hydrogen-bond acceptors (Lipinski definition) is 4. The first kappa shape index (κ1) is 12.4. The van der Waals surface area contributed by atoms with E-state index in [0.29, 0.717) is 0 Å². The number of fused-ring (bicyclic) bond motifs is 1. The van der Waals surface area contributed by atoms with Gasteiger partial charge in [-0.2, -0.15) is 0 Å². The molecule has 0 bridgehead atoms. The first-order chi connectivity index (χ1) is 9.16. The average Bonchev–Trinajstić information content (AvgIpc) is 2.45. The highest BCUT2D eigenvalue weighted by Gasteiger charge is 2.29. The normalized spacial score (nSPS) is 26.8. The molecule has 5 heteroatoms. The van der Waals surface area contributed by atoms with Crippen molar-refractivity contribution in [2.24, 2.45) is 0 Å². The Bertz CT molecular complexity index is 497. The van der Waals surface area contributed by atoms with Crippen LogP contribution in [-0.4, -0.2) is 38.8 Å². The number of nitrogens with zero attached hydrogens (tertiary/aromatic N) is 1. The van der Waals surface area contributed by atoms with Gasteiger partial charge in [0.05, 0.1) is 18.4 Å². The van der Waals surface area contributed by atoms with E-state index in [1.54, 1.807) is 18.9 Å². The number of carbonyl (C=O) groups is 1. The van der Waals surface area contributed by atoms with Crippen molar-refractivity contribution in [2.45, 2.75) is 19.1 Å². The molecule has 5 nitrogen and oxygen atoms in total. The van der Waals surface area contributed by atoms with E-state index >= 15 is 0 Å². The van der Waals surface area contributed by atoms with Gasteiger partial charge in [0.15, 0.2) is 6.10 Å². The number of carbonyl (C=O) groups excluding carboxylic acids is 1. The molecule has 2 heterocycles. The molecule has 1 aromatic carbocycles. The lowest BCUT2D eigenvalue weighted by molar-refractivity contribution is -0.125. The van der Waals surface area contributed by atoms with Gasteiger partial charge >= 0.3 is 0 Å². The third-order valence-corrected chi connectivity index (χ3v) is 3.63. The van der Waals surface area contributed by atoms with Crippen molar-refractivity contribution in [3.05, 3.63) is 23.8 Å².